The van der Waals surface area contributed by atoms with E-state index in [1.807, 2.05) is 20.8 Å². The van der Waals surface area contributed by atoms with Crippen molar-refractivity contribution in [3.63, 3.8) is 0 Å². The van der Waals surface area contributed by atoms with Crippen molar-refractivity contribution in [3.05, 3.63) is 40.8 Å². The van der Waals surface area contributed by atoms with Crippen LogP contribution in [0.15, 0.2) is 18.2 Å². The van der Waals surface area contributed by atoms with Gasteiger partial charge in [-0.3, -0.25) is 0 Å². The normalized spacial score (nSPS) is 9.76. The summed E-state index contributed by atoms with van der Waals surface area (Å²) in [7, 11) is 0. The molecule has 1 heterocycles. The fourth-order valence-corrected chi connectivity index (χ4v) is 1.95. The summed E-state index contributed by atoms with van der Waals surface area (Å²) in [5.41, 5.74) is 6.01. The van der Waals surface area contributed by atoms with Crippen molar-refractivity contribution in [2.45, 2.75) is 41.5 Å². The minimum atomic E-state index is 0.975. The average Bonchev–Trinajstić information content (AvgIpc) is 2.61. The number of aromatic amines is 1. The Morgan fingerprint density at radius 1 is 1.00 bits per heavy atom. The number of hydrogen-bond acceptors (Lipinski definition) is 1. The van der Waals surface area contributed by atoms with Gasteiger partial charge in [-0.05, 0) is 33.3 Å². The summed E-state index contributed by atoms with van der Waals surface area (Å²) in [4.78, 5) is 7.75. The predicted molar refractivity (Wildman–Crippen MR) is 74.3 cm³/mol. The number of aromatic nitrogens is 2. The summed E-state index contributed by atoms with van der Waals surface area (Å²) in [6.45, 7) is 12.3. The lowest BCUT2D eigenvalue weighted by Crippen LogP contribution is -1.87. The van der Waals surface area contributed by atoms with Gasteiger partial charge in [0.1, 0.15) is 5.82 Å². The van der Waals surface area contributed by atoms with Gasteiger partial charge in [0, 0.05) is 11.3 Å². The van der Waals surface area contributed by atoms with Crippen molar-refractivity contribution in [1.82, 2.24) is 9.97 Å². The third kappa shape index (κ3) is 2.96. The second-order valence-electron chi connectivity index (χ2n) is 4.11. The van der Waals surface area contributed by atoms with Crippen LogP contribution in [-0.4, -0.2) is 9.97 Å². The van der Waals surface area contributed by atoms with E-state index in [-0.39, 0.29) is 0 Å². The second-order valence-corrected chi connectivity index (χ2v) is 4.11. The molecule has 2 nitrogen and oxygen atoms in total. The molecule has 17 heavy (non-hydrogen) atoms. The third-order valence-electron chi connectivity index (χ3n) is 2.64. The van der Waals surface area contributed by atoms with Crippen LogP contribution >= 0.6 is 0 Å². The maximum absolute atomic E-state index is 4.52. The van der Waals surface area contributed by atoms with Crippen molar-refractivity contribution < 1.29 is 0 Å². The van der Waals surface area contributed by atoms with Gasteiger partial charge in [0.05, 0.1) is 5.69 Å². The van der Waals surface area contributed by atoms with Crippen LogP contribution < -0.4 is 0 Å². The van der Waals surface area contributed by atoms with Crippen molar-refractivity contribution in [2.75, 3.05) is 0 Å². The zero-order valence-electron chi connectivity index (χ0n) is 11.7. The van der Waals surface area contributed by atoms with Crippen LogP contribution in [0.25, 0.3) is 11.3 Å². The highest BCUT2D eigenvalue weighted by molar-refractivity contribution is 5.66. The van der Waals surface area contributed by atoms with E-state index < -0.39 is 0 Å². The molecular weight excluding hydrogens is 208 g/mol. The van der Waals surface area contributed by atoms with Crippen LogP contribution in [0.4, 0.5) is 0 Å². The third-order valence-corrected chi connectivity index (χ3v) is 2.64. The van der Waals surface area contributed by atoms with Crippen LogP contribution in [0.1, 0.15) is 36.5 Å². The number of benzene rings is 1. The maximum Gasteiger partial charge on any atom is 0.103 e. The lowest BCUT2D eigenvalue weighted by Gasteiger charge is -2.04. The first-order valence-electron chi connectivity index (χ1n) is 6.19. The molecule has 0 spiro atoms. The van der Waals surface area contributed by atoms with E-state index in [9.17, 15) is 0 Å². The summed E-state index contributed by atoms with van der Waals surface area (Å²) >= 11 is 0. The van der Waals surface area contributed by atoms with E-state index in [4.69, 9.17) is 0 Å². The minimum Gasteiger partial charge on any atom is -0.346 e. The second kappa shape index (κ2) is 5.67. The molecule has 92 valence electrons. The van der Waals surface area contributed by atoms with E-state index in [0.717, 1.165) is 17.2 Å². The highest BCUT2D eigenvalue weighted by atomic mass is 14.9. The van der Waals surface area contributed by atoms with Crippen molar-refractivity contribution in [2.24, 2.45) is 0 Å². The number of H-pyrrole nitrogens is 1. The molecule has 0 bridgehead atoms. The predicted octanol–water partition coefficient (Wildman–Crippen LogP) is 4.34. The van der Waals surface area contributed by atoms with Crippen LogP contribution in [-0.2, 0) is 0 Å². The first-order chi connectivity index (χ1) is 8.08. The standard InChI is InChI=1S/C13H16N2.C2H6/c1-8-5-6-12(9(2)7-8)13-10(3)14-11(4)15-13;1-2/h5-7H,1-4H3,(H,14,15);1-2H3. The molecule has 1 N–H and O–H groups in total. The number of nitrogens with zero attached hydrogens (tertiary/aromatic N) is 1. The van der Waals surface area contributed by atoms with Crippen LogP contribution in [0, 0.1) is 27.7 Å². The van der Waals surface area contributed by atoms with Crippen LogP contribution in [0.2, 0.25) is 0 Å². The van der Waals surface area contributed by atoms with Crippen molar-refractivity contribution >= 4 is 0 Å². The highest BCUT2D eigenvalue weighted by Crippen LogP contribution is 2.25. The summed E-state index contributed by atoms with van der Waals surface area (Å²) in [5.74, 6) is 0.975. The van der Waals surface area contributed by atoms with Gasteiger partial charge in [0.25, 0.3) is 0 Å². The Morgan fingerprint density at radius 2 is 1.65 bits per heavy atom. The Morgan fingerprint density at radius 3 is 2.12 bits per heavy atom. The lowest BCUT2D eigenvalue weighted by molar-refractivity contribution is 1.13. The van der Waals surface area contributed by atoms with Gasteiger partial charge >= 0.3 is 0 Å². The molecule has 0 saturated heterocycles. The SMILES string of the molecule is CC.Cc1ccc(-c2nc(C)[nH]c2C)c(C)c1. The summed E-state index contributed by atoms with van der Waals surface area (Å²) in [6, 6.07) is 6.47. The first kappa shape index (κ1) is 13.5. The molecule has 0 saturated carbocycles. The van der Waals surface area contributed by atoms with Crippen LogP contribution in [0.3, 0.4) is 0 Å². The molecular formula is C15H22N2. The van der Waals surface area contributed by atoms with Gasteiger partial charge in [0.15, 0.2) is 0 Å². The molecule has 2 rings (SSSR count). The van der Waals surface area contributed by atoms with E-state index in [1.54, 1.807) is 0 Å². The van der Waals surface area contributed by atoms with Gasteiger partial charge in [-0.25, -0.2) is 4.98 Å². The van der Waals surface area contributed by atoms with Crippen LogP contribution in [0.5, 0.6) is 0 Å². The van der Waals surface area contributed by atoms with Crippen molar-refractivity contribution in [3.8, 4) is 11.3 Å². The topological polar surface area (TPSA) is 28.7 Å². The van der Waals surface area contributed by atoms with Gasteiger partial charge < -0.3 is 4.98 Å². The Bertz CT molecular complexity index is 496. The number of imidazole rings is 1. The highest BCUT2D eigenvalue weighted by Gasteiger charge is 2.08. The molecule has 0 atom stereocenters. The summed E-state index contributed by atoms with van der Waals surface area (Å²) in [5, 5.41) is 0. The lowest BCUT2D eigenvalue weighted by atomic mass is 10.0. The van der Waals surface area contributed by atoms with Gasteiger partial charge in [-0.15, -0.1) is 0 Å². The Kier molecular flexibility index (Phi) is 4.50. The molecule has 0 radical (unpaired) electrons. The molecule has 2 heteroatoms. The monoisotopic (exact) mass is 230 g/mol. The molecule has 1 aromatic heterocycles. The van der Waals surface area contributed by atoms with E-state index in [1.165, 1.54) is 16.7 Å². The van der Waals surface area contributed by atoms with E-state index in [0.29, 0.717) is 0 Å². The number of rotatable bonds is 1. The molecule has 1 aromatic carbocycles. The quantitative estimate of drug-likeness (QED) is 0.775. The zero-order valence-corrected chi connectivity index (χ0v) is 11.7. The van der Waals surface area contributed by atoms with Crippen molar-refractivity contribution in [1.29, 1.82) is 0 Å². The summed E-state index contributed by atoms with van der Waals surface area (Å²) in [6.07, 6.45) is 0. The smallest absolute Gasteiger partial charge is 0.103 e. The molecule has 2 aromatic rings. The molecule has 0 unspecified atom stereocenters. The molecule has 0 aliphatic heterocycles. The number of aryl methyl sites for hydroxylation is 4. The molecule has 0 aliphatic rings. The Hall–Kier alpha value is -1.57. The largest absolute Gasteiger partial charge is 0.346 e. The fraction of sp³-hybridized carbons (Fsp3) is 0.400. The van der Waals surface area contributed by atoms with Gasteiger partial charge in [0.2, 0.25) is 0 Å². The van der Waals surface area contributed by atoms with E-state index >= 15 is 0 Å². The average molecular weight is 230 g/mol. The molecule has 0 aliphatic carbocycles. The minimum absolute atomic E-state index is 0.975. The molecule has 0 amide bonds. The Balaban J connectivity index is 0.000000686. The Labute approximate surface area is 104 Å². The number of nitrogens with one attached hydrogen (secondary N) is 1. The first-order valence-corrected chi connectivity index (χ1v) is 6.19. The number of hydrogen-bond donors (Lipinski definition) is 1. The summed E-state index contributed by atoms with van der Waals surface area (Å²) < 4.78 is 0. The maximum atomic E-state index is 4.52. The van der Waals surface area contributed by atoms with E-state index in [2.05, 4.69) is 48.9 Å². The zero-order chi connectivity index (χ0) is 13.0. The fourth-order valence-electron chi connectivity index (χ4n) is 1.95. The van der Waals surface area contributed by atoms with Gasteiger partial charge in [-0.1, -0.05) is 37.6 Å². The molecule has 0 fully saturated rings. The van der Waals surface area contributed by atoms with Gasteiger partial charge in [-0.2, -0.15) is 0 Å².